The summed E-state index contributed by atoms with van der Waals surface area (Å²) in [6.45, 7) is 7.49. The Morgan fingerprint density at radius 1 is 1.11 bits per heavy atom. The highest BCUT2D eigenvalue weighted by Crippen LogP contribution is 2.49. The number of quaternary nitrogens is 1. The first kappa shape index (κ1) is 18.4. The first-order valence-corrected chi connectivity index (χ1v) is 10.7. The van der Waals surface area contributed by atoms with Gasteiger partial charge in [-0.05, 0) is 37.7 Å². The van der Waals surface area contributed by atoms with Crippen LogP contribution in [-0.4, -0.2) is 23.1 Å². The summed E-state index contributed by atoms with van der Waals surface area (Å²) >= 11 is 0. The monoisotopic (exact) mass is 366 g/mol. The summed E-state index contributed by atoms with van der Waals surface area (Å²) < 4.78 is 0. The molecule has 1 saturated carbocycles. The van der Waals surface area contributed by atoms with E-state index in [4.69, 9.17) is 4.98 Å². The Morgan fingerprint density at radius 3 is 2.52 bits per heavy atom. The van der Waals surface area contributed by atoms with Crippen molar-refractivity contribution in [3.05, 3.63) is 51.6 Å². The minimum absolute atomic E-state index is 0.00216. The van der Waals surface area contributed by atoms with Crippen LogP contribution in [0.1, 0.15) is 69.3 Å². The highest BCUT2D eigenvalue weighted by molar-refractivity contribution is 5.71. The topological polar surface area (TPSA) is 50.2 Å². The lowest BCUT2D eigenvalue weighted by atomic mass is 9.68. The maximum atomic E-state index is 13.2. The summed E-state index contributed by atoms with van der Waals surface area (Å²) in [6.07, 6.45) is 7.95. The molecule has 144 valence electrons. The first-order chi connectivity index (χ1) is 13.2. The minimum atomic E-state index is 0.00216. The van der Waals surface area contributed by atoms with Crippen molar-refractivity contribution < 1.29 is 4.90 Å². The zero-order chi connectivity index (χ0) is 18.9. The SMILES string of the molecule is CCC[NH+](CCC)Cc1nc2c(c(=O)[nH]1)C1(CCCC1)Cc1ccccc1-2. The maximum Gasteiger partial charge on any atom is 0.255 e. The fourth-order valence-corrected chi connectivity index (χ4v) is 5.37. The lowest BCUT2D eigenvalue weighted by Gasteiger charge is -2.35. The zero-order valence-electron chi connectivity index (χ0n) is 16.7. The molecule has 0 atom stereocenters. The number of fused-ring (bicyclic) bond motifs is 4. The van der Waals surface area contributed by atoms with E-state index in [0.717, 1.165) is 68.8 Å². The van der Waals surface area contributed by atoms with Crippen molar-refractivity contribution in [2.75, 3.05) is 13.1 Å². The van der Waals surface area contributed by atoms with Crippen molar-refractivity contribution in [1.82, 2.24) is 9.97 Å². The third-order valence-electron chi connectivity index (χ3n) is 6.49. The molecule has 4 heteroatoms. The first-order valence-electron chi connectivity index (χ1n) is 10.7. The van der Waals surface area contributed by atoms with Gasteiger partial charge in [-0.1, -0.05) is 51.0 Å². The summed E-state index contributed by atoms with van der Waals surface area (Å²) in [5.41, 5.74) is 4.58. The number of aromatic nitrogens is 2. The van der Waals surface area contributed by atoms with Crippen molar-refractivity contribution in [1.29, 1.82) is 0 Å². The zero-order valence-corrected chi connectivity index (χ0v) is 16.7. The van der Waals surface area contributed by atoms with Gasteiger partial charge in [0.15, 0.2) is 5.82 Å². The van der Waals surface area contributed by atoms with Crippen molar-refractivity contribution >= 4 is 0 Å². The van der Waals surface area contributed by atoms with Gasteiger partial charge in [-0.25, -0.2) is 4.98 Å². The van der Waals surface area contributed by atoms with Crippen LogP contribution in [-0.2, 0) is 18.4 Å². The number of hydrogen-bond donors (Lipinski definition) is 2. The second-order valence-corrected chi connectivity index (χ2v) is 8.48. The van der Waals surface area contributed by atoms with Gasteiger partial charge in [0.05, 0.1) is 24.3 Å². The van der Waals surface area contributed by atoms with Crippen LogP contribution in [0.4, 0.5) is 0 Å². The van der Waals surface area contributed by atoms with Gasteiger partial charge in [-0.3, -0.25) is 4.79 Å². The molecule has 2 aromatic rings. The third-order valence-corrected chi connectivity index (χ3v) is 6.49. The fraction of sp³-hybridized carbons (Fsp3) is 0.565. The lowest BCUT2D eigenvalue weighted by molar-refractivity contribution is -0.914. The molecule has 0 radical (unpaired) electrons. The number of H-pyrrole nitrogens is 1. The van der Waals surface area contributed by atoms with Gasteiger partial charge < -0.3 is 9.88 Å². The highest BCUT2D eigenvalue weighted by atomic mass is 16.1. The minimum Gasteiger partial charge on any atom is -0.329 e. The quantitative estimate of drug-likeness (QED) is 0.826. The van der Waals surface area contributed by atoms with E-state index in [1.165, 1.54) is 28.9 Å². The summed E-state index contributed by atoms with van der Waals surface area (Å²) in [4.78, 5) is 23.0. The highest BCUT2D eigenvalue weighted by Gasteiger charge is 2.43. The number of nitrogens with zero attached hydrogens (tertiary/aromatic N) is 1. The van der Waals surface area contributed by atoms with Crippen molar-refractivity contribution in [3.8, 4) is 11.3 Å². The average molecular weight is 367 g/mol. The Morgan fingerprint density at radius 2 is 1.81 bits per heavy atom. The summed E-state index contributed by atoms with van der Waals surface area (Å²) in [6, 6.07) is 8.57. The maximum absolute atomic E-state index is 13.2. The van der Waals surface area contributed by atoms with Crippen molar-refractivity contribution in [3.63, 3.8) is 0 Å². The molecule has 2 aliphatic carbocycles. The Bertz CT molecular complexity index is 858. The van der Waals surface area contributed by atoms with Crippen molar-refractivity contribution in [2.24, 2.45) is 0 Å². The van der Waals surface area contributed by atoms with Crippen LogP contribution < -0.4 is 10.5 Å². The number of benzene rings is 1. The molecule has 0 saturated heterocycles. The molecule has 0 unspecified atom stereocenters. The summed E-state index contributed by atoms with van der Waals surface area (Å²) in [7, 11) is 0. The van der Waals surface area contributed by atoms with Gasteiger partial charge in [0, 0.05) is 11.0 Å². The Kier molecular flexibility index (Phi) is 5.18. The van der Waals surface area contributed by atoms with E-state index in [-0.39, 0.29) is 11.0 Å². The normalized spacial score (nSPS) is 17.3. The molecule has 0 amide bonds. The lowest BCUT2D eigenvalue weighted by Crippen LogP contribution is -3.10. The Hall–Kier alpha value is -1.94. The van der Waals surface area contributed by atoms with Crippen molar-refractivity contribution in [2.45, 2.75) is 70.8 Å². The molecular weight excluding hydrogens is 334 g/mol. The predicted octanol–water partition coefficient (Wildman–Crippen LogP) is 3.01. The number of rotatable bonds is 6. The van der Waals surface area contributed by atoms with Gasteiger partial charge in [0.2, 0.25) is 0 Å². The van der Waals surface area contributed by atoms with E-state index in [2.05, 4.69) is 43.1 Å². The Labute approximate surface area is 162 Å². The number of aromatic amines is 1. The van der Waals surface area contributed by atoms with Crippen LogP contribution in [0.2, 0.25) is 0 Å². The average Bonchev–Trinajstić information content (AvgIpc) is 3.10. The van der Waals surface area contributed by atoms with Gasteiger partial charge in [-0.2, -0.15) is 0 Å². The van der Waals surface area contributed by atoms with Gasteiger partial charge >= 0.3 is 0 Å². The molecule has 0 aliphatic heterocycles. The predicted molar refractivity (Wildman–Crippen MR) is 109 cm³/mol. The smallest absolute Gasteiger partial charge is 0.255 e. The molecule has 1 aromatic heterocycles. The van der Waals surface area contributed by atoms with E-state index in [1.54, 1.807) is 0 Å². The summed E-state index contributed by atoms with van der Waals surface area (Å²) in [5, 5.41) is 0. The summed E-state index contributed by atoms with van der Waals surface area (Å²) in [5.74, 6) is 0.848. The molecule has 1 spiro atoms. The second kappa shape index (κ2) is 7.59. The standard InChI is InChI=1S/C23H31N3O/c1-3-13-26(14-4-2)16-19-24-21-18-10-6-5-9-17(18)15-23(11-7-8-12-23)20(21)22(27)25-19/h5-6,9-10H,3-4,7-8,11-16H2,1-2H3,(H,24,25,27)/p+1. The van der Waals surface area contributed by atoms with Crippen LogP contribution in [0.3, 0.4) is 0 Å². The van der Waals surface area contributed by atoms with Crippen LogP contribution in [0, 0.1) is 0 Å². The van der Waals surface area contributed by atoms with E-state index in [9.17, 15) is 4.79 Å². The molecule has 1 fully saturated rings. The van der Waals surface area contributed by atoms with Crippen LogP contribution in [0.5, 0.6) is 0 Å². The molecule has 0 bridgehead atoms. The largest absolute Gasteiger partial charge is 0.329 e. The van der Waals surface area contributed by atoms with E-state index in [0.29, 0.717) is 0 Å². The van der Waals surface area contributed by atoms with Crippen LogP contribution in [0.15, 0.2) is 29.1 Å². The molecule has 4 rings (SSSR count). The van der Waals surface area contributed by atoms with Crippen LogP contribution in [0.25, 0.3) is 11.3 Å². The van der Waals surface area contributed by atoms with E-state index < -0.39 is 0 Å². The number of hydrogen-bond acceptors (Lipinski definition) is 2. The third kappa shape index (κ3) is 3.36. The van der Waals surface area contributed by atoms with E-state index >= 15 is 0 Å². The van der Waals surface area contributed by atoms with Gasteiger partial charge in [0.1, 0.15) is 6.54 Å². The fourth-order valence-electron chi connectivity index (χ4n) is 5.37. The molecule has 2 aliphatic rings. The second-order valence-electron chi connectivity index (χ2n) is 8.48. The van der Waals surface area contributed by atoms with Crippen LogP contribution >= 0.6 is 0 Å². The molecule has 1 aromatic carbocycles. The Balaban J connectivity index is 1.80. The molecular formula is C23H32N3O+. The molecule has 2 N–H and O–H groups in total. The van der Waals surface area contributed by atoms with Gasteiger partial charge in [-0.15, -0.1) is 0 Å². The number of nitrogens with one attached hydrogen (secondary N) is 2. The molecule has 4 nitrogen and oxygen atoms in total. The molecule has 1 heterocycles. The van der Waals surface area contributed by atoms with Gasteiger partial charge in [0.25, 0.3) is 5.56 Å². The van der Waals surface area contributed by atoms with E-state index in [1.807, 2.05) is 0 Å². The molecule has 27 heavy (non-hydrogen) atoms.